The van der Waals surface area contributed by atoms with E-state index in [4.69, 9.17) is 5.10 Å². The Hall–Kier alpha value is -0.790. The Morgan fingerprint density at radius 1 is 1.20 bits per heavy atom. The van der Waals surface area contributed by atoms with Gasteiger partial charge in [-0.1, -0.05) is 40.0 Å². The van der Waals surface area contributed by atoms with Crippen LogP contribution in [0.15, 0.2) is 12.3 Å². The predicted octanol–water partition coefficient (Wildman–Crippen LogP) is 3.69. The van der Waals surface area contributed by atoms with Crippen molar-refractivity contribution in [2.24, 2.45) is 0 Å². The maximum atomic E-state index is 4.72. The van der Waals surface area contributed by atoms with Crippen LogP contribution in [0, 0.1) is 0 Å². The van der Waals surface area contributed by atoms with Gasteiger partial charge in [-0.2, -0.15) is 5.10 Å². The highest BCUT2D eigenvalue weighted by Crippen LogP contribution is 2.29. The SMILES string of the molecule is CC(C)(C)c1ccn(C2CCCCC2)n1. The zero-order valence-corrected chi connectivity index (χ0v) is 10.2. The smallest absolute Gasteiger partial charge is 0.0678 e. The molecule has 0 saturated heterocycles. The first-order valence-electron chi connectivity index (χ1n) is 6.13. The van der Waals surface area contributed by atoms with Crippen LogP contribution in [0.4, 0.5) is 0 Å². The lowest BCUT2D eigenvalue weighted by Crippen LogP contribution is -2.16. The highest BCUT2D eigenvalue weighted by Gasteiger charge is 2.20. The van der Waals surface area contributed by atoms with Gasteiger partial charge in [0, 0.05) is 11.6 Å². The molecule has 1 aromatic heterocycles. The maximum absolute atomic E-state index is 4.72. The molecule has 0 atom stereocenters. The molecule has 2 heteroatoms. The maximum Gasteiger partial charge on any atom is 0.0678 e. The van der Waals surface area contributed by atoms with E-state index in [0.29, 0.717) is 6.04 Å². The molecule has 1 aromatic rings. The predicted molar refractivity (Wildman–Crippen MR) is 63.0 cm³/mol. The van der Waals surface area contributed by atoms with Crippen LogP contribution >= 0.6 is 0 Å². The van der Waals surface area contributed by atoms with Crippen LogP contribution in [0.25, 0.3) is 0 Å². The Morgan fingerprint density at radius 3 is 2.40 bits per heavy atom. The first-order chi connectivity index (χ1) is 7.07. The minimum absolute atomic E-state index is 0.180. The molecule has 0 N–H and O–H groups in total. The Bertz CT molecular complexity index is 314. The molecule has 1 aliphatic rings. The number of hydrogen-bond donors (Lipinski definition) is 0. The minimum atomic E-state index is 0.180. The molecule has 84 valence electrons. The van der Waals surface area contributed by atoms with Crippen molar-refractivity contribution in [2.75, 3.05) is 0 Å². The number of rotatable bonds is 1. The summed E-state index contributed by atoms with van der Waals surface area (Å²) in [6.07, 6.45) is 8.93. The van der Waals surface area contributed by atoms with Crippen molar-refractivity contribution >= 4 is 0 Å². The molecule has 0 bridgehead atoms. The standard InChI is InChI=1S/C13H22N2/c1-13(2,3)12-9-10-15(14-12)11-7-5-4-6-8-11/h9-11H,4-8H2,1-3H3. The van der Waals surface area contributed by atoms with Crippen LogP contribution in [-0.2, 0) is 5.41 Å². The van der Waals surface area contributed by atoms with Crippen molar-refractivity contribution in [2.45, 2.75) is 64.3 Å². The van der Waals surface area contributed by atoms with Crippen molar-refractivity contribution in [3.63, 3.8) is 0 Å². The summed E-state index contributed by atoms with van der Waals surface area (Å²) in [6.45, 7) is 6.67. The van der Waals surface area contributed by atoms with E-state index in [1.165, 1.54) is 37.8 Å². The molecule has 0 spiro atoms. The van der Waals surface area contributed by atoms with Crippen LogP contribution in [0.2, 0.25) is 0 Å². The van der Waals surface area contributed by atoms with Crippen LogP contribution in [0.1, 0.15) is 64.6 Å². The zero-order valence-electron chi connectivity index (χ0n) is 10.2. The van der Waals surface area contributed by atoms with Gasteiger partial charge < -0.3 is 0 Å². The fourth-order valence-electron chi connectivity index (χ4n) is 2.29. The van der Waals surface area contributed by atoms with E-state index in [0.717, 1.165) is 0 Å². The van der Waals surface area contributed by atoms with Crippen molar-refractivity contribution in [3.05, 3.63) is 18.0 Å². The number of nitrogens with zero attached hydrogens (tertiary/aromatic N) is 2. The third-order valence-corrected chi connectivity index (χ3v) is 3.33. The van der Waals surface area contributed by atoms with E-state index in [-0.39, 0.29) is 5.41 Å². The average Bonchev–Trinajstić information content (AvgIpc) is 2.67. The summed E-state index contributed by atoms with van der Waals surface area (Å²) in [7, 11) is 0. The molecule has 0 aliphatic heterocycles. The Morgan fingerprint density at radius 2 is 1.87 bits per heavy atom. The molecule has 0 radical (unpaired) electrons. The molecule has 0 aromatic carbocycles. The third kappa shape index (κ3) is 2.42. The van der Waals surface area contributed by atoms with Crippen LogP contribution in [0.3, 0.4) is 0 Å². The normalized spacial score (nSPS) is 19.4. The van der Waals surface area contributed by atoms with Gasteiger partial charge in [0.15, 0.2) is 0 Å². The Labute approximate surface area is 92.7 Å². The summed E-state index contributed by atoms with van der Waals surface area (Å²) < 4.78 is 2.19. The third-order valence-electron chi connectivity index (χ3n) is 3.33. The van der Waals surface area contributed by atoms with Gasteiger partial charge in [-0.15, -0.1) is 0 Å². The van der Waals surface area contributed by atoms with Crippen LogP contribution in [0.5, 0.6) is 0 Å². The lowest BCUT2D eigenvalue weighted by atomic mass is 9.93. The van der Waals surface area contributed by atoms with Crippen molar-refractivity contribution in [1.82, 2.24) is 9.78 Å². The molecule has 2 nitrogen and oxygen atoms in total. The number of aromatic nitrogens is 2. The molecule has 1 saturated carbocycles. The van der Waals surface area contributed by atoms with E-state index in [1.54, 1.807) is 0 Å². The van der Waals surface area contributed by atoms with E-state index < -0.39 is 0 Å². The first-order valence-corrected chi connectivity index (χ1v) is 6.13. The second kappa shape index (κ2) is 3.99. The molecule has 1 aliphatic carbocycles. The molecular formula is C13H22N2. The summed E-state index contributed by atoms with van der Waals surface area (Å²) in [5, 5.41) is 4.72. The number of hydrogen-bond acceptors (Lipinski definition) is 1. The molecule has 0 unspecified atom stereocenters. The van der Waals surface area contributed by atoms with E-state index in [9.17, 15) is 0 Å². The summed E-state index contributed by atoms with van der Waals surface area (Å²) in [5.74, 6) is 0. The van der Waals surface area contributed by atoms with E-state index in [1.807, 2.05) is 0 Å². The fourth-order valence-corrected chi connectivity index (χ4v) is 2.29. The van der Waals surface area contributed by atoms with Crippen molar-refractivity contribution in [3.8, 4) is 0 Å². The van der Waals surface area contributed by atoms with Gasteiger partial charge in [0.1, 0.15) is 0 Å². The summed E-state index contributed by atoms with van der Waals surface area (Å²) in [6, 6.07) is 2.84. The fraction of sp³-hybridized carbons (Fsp3) is 0.769. The molecule has 0 amide bonds. The zero-order chi connectivity index (χ0) is 10.9. The average molecular weight is 206 g/mol. The van der Waals surface area contributed by atoms with Crippen LogP contribution < -0.4 is 0 Å². The Kier molecular flexibility index (Phi) is 2.85. The van der Waals surface area contributed by atoms with E-state index in [2.05, 4.69) is 37.7 Å². The lowest BCUT2D eigenvalue weighted by Gasteiger charge is -2.22. The molecule has 2 rings (SSSR count). The Balaban J connectivity index is 2.12. The van der Waals surface area contributed by atoms with Gasteiger partial charge in [0.25, 0.3) is 0 Å². The lowest BCUT2D eigenvalue weighted by molar-refractivity contribution is 0.325. The van der Waals surface area contributed by atoms with Gasteiger partial charge >= 0.3 is 0 Å². The van der Waals surface area contributed by atoms with Gasteiger partial charge in [-0.3, -0.25) is 4.68 Å². The topological polar surface area (TPSA) is 17.8 Å². The second-order valence-corrected chi connectivity index (χ2v) is 5.72. The first kappa shape index (κ1) is 10.7. The highest BCUT2D eigenvalue weighted by atomic mass is 15.3. The summed E-state index contributed by atoms with van der Waals surface area (Å²) in [5.41, 5.74) is 1.40. The molecule has 1 heterocycles. The summed E-state index contributed by atoms with van der Waals surface area (Å²) >= 11 is 0. The monoisotopic (exact) mass is 206 g/mol. The highest BCUT2D eigenvalue weighted by molar-refractivity contribution is 5.10. The van der Waals surface area contributed by atoms with Crippen molar-refractivity contribution in [1.29, 1.82) is 0 Å². The van der Waals surface area contributed by atoms with Crippen molar-refractivity contribution < 1.29 is 0 Å². The van der Waals surface area contributed by atoms with Gasteiger partial charge in [0.2, 0.25) is 0 Å². The largest absolute Gasteiger partial charge is 0.269 e. The minimum Gasteiger partial charge on any atom is -0.269 e. The summed E-state index contributed by atoms with van der Waals surface area (Å²) in [4.78, 5) is 0. The van der Waals surface area contributed by atoms with Gasteiger partial charge in [-0.05, 0) is 18.9 Å². The van der Waals surface area contributed by atoms with Gasteiger partial charge in [-0.25, -0.2) is 0 Å². The molecule has 1 fully saturated rings. The quantitative estimate of drug-likeness (QED) is 0.685. The van der Waals surface area contributed by atoms with Crippen LogP contribution in [-0.4, -0.2) is 9.78 Å². The molecular weight excluding hydrogens is 184 g/mol. The van der Waals surface area contributed by atoms with E-state index >= 15 is 0 Å². The second-order valence-electron chi connectivity index (χ2n) is 5.72. The molecule has 15 heavy (non-hydrogen) atoms. The van der Waals surface area contributed by atoms with Gasteiger partial charge in [0.05, 0.1) is 11.7 Å².